The fraction of sp³-hybridized carbons (Fsp3) is 0.615. The summed E-state index contributed by atoms with van der Waals surface area (Å²) in [6.45, 7) is 3.91. The Morgan fingerprint density at radius 3 is 2.94 bits per heavy atom. The minimum absolute atomic E-state index is 0.545. The molecule has 4 heteroatoms. The summed E-state index contributed by atoms with van der Waals surface area (Å²) in [4.78, 5) is 6.40. The zero-order valence-electron chi connectivity index (χ0n) is 10.4. The van der Waals surface area contributed by atoms with Gasteiger partial charge in [-0.1, -0.05) is 11.6 Å². The molecule has 1 fully saturated rings. The molecule has 1 atom stereocenters. The van der Waals surface area contributed by atoms with E-state index in [9.17, 15) is 0 Å². The molecule has 0 bridgehead atoms. The van der Waals surface area contributed by atoms with Crippen LogP contribution in [0, 0.1) is 5.92 Å². The van der Waals surface area contributed by atoms with Gasteiger partial charge in [0.25, 0.3) is 0 Å². The van der Waals surface area contributed by atoms with Crippen LogP contribution in [0.25, 0.3) is 0 Å². The first-order valence-electron chi connectivity index (χ1n) is 6.09. The van der Waals surface area contributed by atoms with Crippen molar-refractivity contribution in [1.82, 2.24) is 4.98 Å². The molecule has 1 aliphatic carbocycles. The van der Waals surface area contributed by atoms with E-state index in [4.69, 9.17) is 16.3 Å². The lowest BCUT2D eigenvalue weighted by atomic mass is 10.1. The number of pyridine rings is 1. The summed E-state index contributed by atoms with van der Waals surface area (Å²) in [5.74, 6) is 0.818. The molecule has 1 aromatic rings. The minimum atomic E-state index is 0.545. The number of anilines is 1. The summed E-state index contributed by atoms with van der Waals surface area (Å²) < 4.78 is 5.18. The van der Waals surface area contributed by atoms with Crippen molar-refractivity contribution in [2.75, 3.05) is 25.2 Å². The van der Waals surface area contributed by atoms with Crippen LogP contribution in [0.5, 0.6) is 0 Å². The first-order chi connectivity index (χ1) is 8.22. The Labute approximate surface area is 108 Å². The predicted octanol–water partition coefficient (Wildman–Crippen LogP) is 2.99. The standard InChI is InChI=1S/C13H19ClN2O/c1-10(11-3-4-11)16(7-8-17-2)12-5-6-15-13(14)9-12/h5-6,9-11H,3-4,7-8H2,1-2H3. The summed E-state index contributed by atoms with van der Waals surface area (Å²) in [5, 5.41) is 0.549. The van der Waals surface area contributed by atoms with Crippen molar-refractivity contribution in [3.05, 3.63) is 23.5 Å². The van der Waals surface area contributed by atoms with Crippen LogP contribution in [0.15, 0.2) is 18.3 Å². The number of nitrogens with zero attached hydrogens (tertiary/aromatic N) is 2. The second kappa shape index (κ2) is 5.69. The lowest BCUT2D eigenvalue weighted by molar-refractivity contribution is 0.202. The molecule has 3 nitrogen and oxygen atoms in total. The molecule has 1 aromatic heterocycles. The van der Waals surface area contributed by atoms with E-state index >= 15 is 0 Å². The third-order valence-corrected chi connectivity index (χ3v) is 3.58. The average Bonchev–Trinajstić information content (AvgIpc) is 3.13. The largest absolute Gasteiger partial charge is 0.383 e. The van der Waals surface area contributed by atoms with Crippen molar-refractivity contribution in [3.8, 4) is 0 Å². The fourth-order valence-corrected chi connectivity index (χ4v) is 2.33. The summed E-state index contributed by atoms with van der Waals surface area (Å²) in [7, 11) is 1.74. The normalized spacial score (nSPS) is 16.9. The molecule has 1 unspecified atom stereocenters. The Bertz CT molecular complexity index is 368. The molecule has 17 heavy (non-hydrogen) atoms. The molecule has 0 spiro atoms. The molecular formula is C13H19ClN2O. The van der Waals surface area contributed by atoms with Crippen LogP contribution in [0.3, 0.4) is 0 Å². The third-order valence-electron chi connectivity index (χ3n) is 3.37. The molecule has 0 radical (unpaired) electrons. The van der Waals surface area contributed by atoms with Crippen LogP contribution < -0.4 is 4.90 Å². The SMILES string of the molecule is COCCN(c1ccnc(Cl)c1)C(C)C1CC1. The lowest BCUT2D eigenvalue weighted by Crippen LogP contribution is -2.37. The fourth-order valence-electron chi connectivity index (χ4n) is 2.16. The van der Waals surface area contributed by atoms with Gasteiger partial charge in [0, 0.05) is 31.6 Å². The summed E-state index contributed by atoms with van der Waals surface area (Å²) in [6.07, 6.45) is 4.43. The van der Waals surface area contributed by atoms with Crippen LogP contribution in [0.4, 0.5) is 5.69 Å². The van der Waals surface area contributed by atoms with Gasteiger partial charge in [-0.2, -0.15) is 0 Å². The summed E-state index contributed by atoms with van der Waals surface area (Å²) >= 11 is 5.95. The second-order valence-electron chi connectivity index (χ2n) is 4.60. The van der Waals surface area contributed by atoms with Gasteiger partial charge in [-0.15, -0.1) is 0 Å². The Morgan fingerprint density at radius 1 is 1.59 bits per heavy atom. The van der Waals surface area contributed by atoms with Crippen LogP contribution in [0.1, 0.15) is 19.8 Å². The first kappa shape index (κ1) is 12.7. The molecule has 0 aliphatic heterocycles. The Kier molecular flexibility index (Phi) is 4.24. The van der Waals surface area contributed by atoms with E-state index in [-0.39, 0.29) is 0 Å². The summed E-state index contributed by atoms with van der Waals surface area (Å²) in [5.41, 5.74) is 1.14. The van der Waals surface area contributed by atoms with Crippen LogP contribution in [-0.4, -0.2) is 31.3 Å². The van der Waals surface area contributed by atoms with E-state index in [1.54, 1.807) is 13.3 Å². The quantitative estimate of drug-likeness (QED) is 0.730. The topological polar surface area (TPSA) is 25.4 Å². The number of methoxy groups -OCH3 is 1. The molecule has 0 saturated heterocycles. The maximum absolute atomic E-state index is 5.95. The molecule has 2 rings (SSSR count). The maximum atomic E-state index is 5.95. The molecule has 1 saturated carbocycles. The Morgan fingerprint density at radius 2 is 2.35 bits per heavy atom. The van der Waals surface area contributed by atoms with Gasteiger partial charge in [0.2, 0.25) is 0 Å². The van der Waals surface area contributed by atoms with Crippen molar-refractivity contribution >= 4 is 17.3 Å². The van der Waals surface area contributed by atoms with E-state index in [1.165, 1.54) is 12.8 Å². The predicted molar refractivity (Wildman–Crippen MR) is 70.7 cm³/mol. The van der Waals surface area contributed by atoms with Crippen LogP contribution in [-0.2, 0) is 4.74 Å². The van der Waals surface area contributed by atoms with Gasteiger partial charge in [-0.25, -0.2) is 4.98 Å². The Hall–Kier alpha value is -0.800. The average molecular weight is 255 g/mol. The van der Waals surface area contributed by atoms with E-state index < -0.39 is 0 Å². The molecule has 0 amide bonds. The number of halogens is 1. The van der Waals surface area contributed by atoms with Gasteiger partial charge in [-0.3, -0.25) is 0 Å². The van der Waals surface area contributed by atoms with Gasteiger partial charge < -0.3 is 9.64 Å². The number of hydrogen-bond acceptors (Lipinski definition) is 3. The highest BCUT2D eigenvalue weighted by atomic mass is 35.5. The van der Waals surface area contributed by atoms with E-state index in [1.807, 2.05) is 12.1 Å². The van der Waals surface area contributed by atoms with E-state index in [2.05, 4.69) is 16.8 Å². The van der Waals surface area contributed by atoms with Crippen LogP contribution >= 0.6 is 11.6 Å². The zero-order chi connectivity index (χ0) is 12.3. The van der Waals surface area contributed by atoms with Gasteiger partial charge >= 0.3 is 0 Å². The number of rotatable bonds is 6. The minimum Gasteiger partial charge on any atom is -0.383 e. The van der Waals surface area contributed by atoms with Gasteiger partial charge in [-0.05, 0) is 37.8 Å². The number of hydrogen-bond donors (Lipinski definition) is 0. The number of aromatic nitrogens is 1. The van der Waals surface area contributed by atoms with Crippen molar-refractivity contribution < 1.29 is 4.74 Å². The van der Waals surface area contributed by atoms with Crippen molar-refractivity contribution in [2.45, 2.75) is 25.8 Å². The van der Waals surface area contributed by atoms with E-state index in [0.29, 0.717) is 11.2 Å². The monoisotopic (exact) mass is 254 g/mol. The van der Waals surface area contributed by atoms with Crippen LogP contribution in [0.2, 0.25) is 5.15 Å². The highest BCUT2D eigenvalue weighted by Gasteiger charge is 2.32. The summed E-state index contributed by atoms with van der Waals surface area (Å²) in [6, 6.07) is 4.49. The molecule has 1 heterocycles. The van der Waals surface area contributed by atoms with Gasteiger partial charge in [0.05, 0.1) is 6.61 Å². The van der Waals surface area contributed by atoms with Gasteiger partial charge in [0.1, 0.15) is 5.15 Å². The number of ether oxygens (including phenoxy) is 1. The van der Waals surface area contributed by atoms with Gasteiger partial charge in [0.15, 0.2) is 0 Å². The highest BCUT2D eigenvalue weighted by molar-refractivity contribution is 6.29. The molecule has 0 aromatic carbocycles. The smallest absolute Gasteiger partial charge is 0.131 e. The van der Waals surface area contributed by atoms with E-state index in [0.717, 1.165) is 24.8 Å². The lowest BCUT2D eigenvalue weighted by Gasteiger charge is -2.31. The first-order valence-corrected chi connectivity index (χ1v) is 6.47. The second-order valence-corrected chi connectivity index (χ2v) is 4.99. The zero-order valence-corrected chi connectivity index (χ0v) is 11.2. The third kappa shape index (κ3) is 3.33. The van der Waals surface area contributed by atoms with Crippen molar-refractivity contribution in [3.63, 3.8) is 0 Å². The van der Waals surface area contributed by atoms with Crippen molar-refractivity contribution in [1.29, 1.82) is 0 Å². The van der Waals surface area contributed by atoms with Crippen molar-refractivity contribution in [2.24, 2.45) is 5.92 Å². The highest BCUT2D eigenvalue weighted by Crippen LogP contribution is 2.36. The molecule has 1 aliphatic rings. The molecular weight excluding hydrogens is 236 g/mol. The Balaban J connectivity index is 2.13. The maximum Gasteiger partial charge on any atom is 0.131 e. The molecule has 94 valence electrons. The molecule has 0 N–H and O–H groups in total.